The van der Waals surface area contributed by atoms with Gasteiger partial charge in [0.15, 0.2) is 0 Å². The lowest BCUT2D eigenvalue weighted by molar-refractivity contribution is 0.669. The van der Waals surface area contributed by atoms with Crippen LogP contribution in [-0.2, 0) is 0 Å². The molecule has 0 saturated carbocycles. The molecule has 0 saturated heterocycles. The van der Waals surface area contributed by atoms with Gasteiger partial charge >= 0.3 is 0 Å². The molecular weight excluding hydrogens is 689 g/mol. The fraction of sp³-hybridized carbons (Fsp3) is 0.143. The predicted molar refractivity (Wildman–Crippen MR) is 246 cm³/mol. The van der Waals surface area contributed by atoms with Crippen molar-refractivity contribution in [2.75, 3.05) is 0 Å². The maximum Gasteiger partial charge on any atom is 0.136 e. The molecule has 0 aliphatic carbocycles. The highest BCUT2D eigenvalue weighted by molar-refractivity contribution is 6.22. The van der Waals surface area contributed by atoms with Crippen molar-refractivity contribution in [2.45, 2.75) is 55.4 Å². The SMILES string of the molecule is [2H]c1c([2H])c(-c2c([2H])c([2H])c(C)c(-c3c4c([2H])c([2H])c(C)c([2H])c4c(-c4c([2H])c([2H])c(-c5c(C)c([2H])c6oc7c([2H])c8c([2H])c([2H])c([2H])c(C)c8c([2H])c7c6c5[2H])c(C)c4[2H])c4c([2H])c(C)c(C)c([2H])c34)c2[2H])c([2H])c([2H])c1C. The lowest BCUT2D eigenvalue weighted by Crippen LogP contribution is -1.96. The average Bonchev–Trinajstić information content (AvgIpc) is 3.91. The minimum Gasteiger partial charge on any atom is -0.456 e. The molecule has 0 unspecified atom stereocenters. The minimum absolute atomic E-state index is 0.00422. The van der Waals surface area contributed by atoms with Crippen LogP contribution in [0.1, 0.15) is 74.7 Å². The summed E-state index contributed by atoms with van der Waals surface area (Å²) in [4.78, 5) is 0. The molecule has 0 amide bonds. The molecule has 57 heavy (non-hydrogen) atoms. The lowest BCUT2D eigenvalue weighted by Gasteiger charge is -2.22. The van der Waals surface area contributed by atoms with Gasteiger partial charge in [0.2, 0.25) is 0 Å². The Hall–Kier alpha value is -6.44. The molecule has 0 N–H and O–H groups in total. The highest BCUT2D eigenvalue weighted by Crippen LogP contribution is 2.47. The summed E-state index contributed by atoms with van der Waals surface area (Å²) in [6.45, 7) is 11.7. The van der Waals surface area contributed by atoms with Crippen molar-refractivity contribution in [3.05, 3.63) is 177 Å². The van der Waals surface area contributed by atoms with Gasteiger partial charge in [-0.1, -0.05) is 114 Å². The van der Waals surface area contributed by atoms with Crippen LogP contribution in [0.15, 0.2) is 137 Å². The summed E-state index contributed by atoms with van der Waals surface area (Å²) in [7, 11) is 0. The van der Waals surface area contributed by atoms with Crippen LogP contribution in [0.4, 0.5) is 0 Å². The van der Waals surface area contributed by atoms with Crippen molar-refractivity contribution in [1.82, 2.24) is 0 Å². The maximum atomic E-state index is 10.1. The Kier molecular flexibility index (Phi) is 4.28. The van der Waals surface area contributed by atoms with Crippen LogP contribution in [-0.4, -0.2) is 0 Å². The summed E-state index contributed by atoms with van der Waals surface area (Å²) in [5.74, 6) is 0. The van der Waals surface area contributed by atoms with Crippen molar-refractivity contribution < 1.29 is 34.6 Å². The Balaban J connectivity index is 1.39. The van der Waals surface area contributed by atoms with Crippen molar-refractivity contribution in [3.8, 4) is 44.5 Å². The Morgan fingerprint density at radius 3 is 1.77 bits per heavy atom. The van der Waals surface area contributed by atoms with E-state index in [-0.39, 0.29) is 162 Å². The molecule has 1 heterocycles. The first kappa shape index (κ1) is 18.7. The molecule has 276 valence electrons. The number of benzene rings is 9. The van der Waals surface area contributed by atoms with Gasteiger partial charge in [0.1, 0.15) is 11.2 Å². The van der Waals surface area contributed by atoms with Gasteiger partial charge in [-0.2, -0.15) is 0 Å². The van der Waals surface area contributed by atoms with Gasteiger partial charge in [0, 0.05) is 10.8 Å². The van der Waals surface area contributed by atoms with Crippen LogP contribution < -0.4 is 0 Å². The number of hydrogen-bond acceptors (Lipinski definition) is 1. The minimum atomic E-state index is -0.686. The zero-order chi connectivity index (χ0) is 58.4. The fourth-order valence-electron chi connectivity index (χ4n) is 7.44. The first-order valence-electron chi connectivity index (χ1n) is 29.4. The van der Waals surface area contributed by atoms with Gasteiger partial charge in [0.05, 0.1) is 30.2 Å². The van der Waals surface area contributed by atoms with Crippen molar-refractivity contribution in [1.29, 1.82) is 0 Å². The topological polar surface area (TPSA) is 13.1 Å². The van der Waals surface area contributed by atoms with Gasteiger partial charge in [-0.15, -0.1) is 0 Å². The van der Waals surface area contributed by atoms with Gasteiger partial charge in [0.25, 0.3) is 0 Å². The quantitative estimate of drug-likeness (QED) is 0.163. The van der Waals surface area contributed by atoms with E-state index in [0.29, 0.717) is 0 Å². The molecule has 0 aliphatic heterocycles. The standard InChI is InChI=1S/C56H46O/c1-31-12-16-39(17-13-31)40-18-15-34(4)47(27-40)56-44-20-14-32(2)22-50(44)55(51-24-35(5)36(6)25-52(51)56)42-19-21-43(37(7)23-42)46-30-49-48-29-45-33(3)10-9-11-41(45)28-54(48)57-53(49)26-38(46)8/h9-30H,1-8H3/i9D,10D,11D,12D,13D,14D,15D,16D,17D,18D,19D,20D,21D,22D,23D,24D,25D,26D,27D,28D,29D,30D. The Bertz CT molecular complexity index is 4450. The van der Waals surface area contributed by atoms with Crippen LogP contribution >= 0.6 is 0 Å². The first-order valence-corrected chi connectivity index (χ1v) is 18.4. The van der Waals surface area contributed by atoms with E-state index in [1.165, 1.54) is 41.5 Å². The fourth-order valence-corrected chi connectivity index (χ4v) is 7.44. The average molecular weight is 757 g/mol. The Labute approximate surface area is 366 Å². The van der Waals surface area contributed by atoms with Gasteiger partial charge in [-0.25, -0.2) is 0 Å². The number of aryl methyl sites for hydroxylation is 1. The first-order chi connectivity index (χ1) is 36.8. The molecule has 0 bridgehead atoms. The van der Waals surface area contributed by atoms with Crippen LogP contribution in [0.3, 0.4) is 0 Å². The van der Waals surface area contributed by atoms with E-state index in [4.69, 9.17) is 15.4 Å². The van der Waals surface area contributed by atoms with Gasteiger partial charge < -0.3 is 4.42 Å². The van der Waals surface area contributed by atoms with Crippen molar-refractivity contribution in [3.63, 3.8) is 0 Å². The Morgan fingerprint density at radius 2 is 0.982 bits per heavy atom. The molecule has 0 radical (unpaired) electrons. The summed E-state index contributed by atoms with van der Waals surface area (Å²) in [6, 6.07) is -10.4. The van der Waals surface area contributed by atoms with Crippen LogP contribution in [0.25, 0.3) is 98.8 Å². The molecule has 1 heteroatoms. The second-order valence-corrected chi connectivity index (χ2v) is 14.5. The summed E-state index contributed by atoms with van der Waals surface area (Å²) >= 11 is 0. The predicted octanol–water partition coefficient (Wildman–Crippen LogP) is 16.2. The molecule has 0 spiro atoms. The molecule has 0 aliphatic rings. The number of hydrogen-bond donors (Lipinski definition) is 0. The molecular formula is C56H46O. The summed E-state index contributed by atoms with van der Waals surface area (Å²) < 4.78 is 212. The molecule has 10 rings (SSSR count). The van der Waals surface area contributed by atoms with Gasteiger partial charge in [-0.3, -0.25) is 0 Å². The van der Waals surface area contributed by atoms with E-state index in [9.17, 15) is 19.2 Å². The Morgan fingerprint density at radius 1 is 0.333 bits per heavy atom. The molecule has 0 atom stereocenters. The number of fused-ring (bicyclic) bond motifs is 6. The van der Waals surface area contributed by atoms with E-state index in [1.807, 2.05) is 0 Å². The number of furan rings is 1. The molecule has 0 fully saturated rings. The highest BCUT2D eigenvalue weighted by atomic mass is 16.3. The second kappa shape index (κ2) is 13.1. The van der Waals surface area contributed by atoms with Crippen LogP contribution in [0, 0.1) is 55.4 Å². The normalized spacial score (nSPS) is 17.3. The molecule has 10 aromatic rings. The molecule has 1 aromatic heterocycles. The zero-order valence-electron chi connectivity index (χ0n) is 54.4. The lowest BCUT2D eigenvalue weighted by atomic mass is 9.82. The highest BCUT2D eigenvalue weighted by Gasteiger charge is 2.21. The third-order valence-electron chi connectivity index (χ3n) is 10.5. The van der Waals surface area contributed by atoms with Crippen LogP contribution in [0.5, 0.6) is 0 Å². The third-order valence-corrected chi connectivity index (χ3v) is 10.5. The third kappa shape index (κ3) is 5.67. The van der Waals surface area contributed by atoms with Crippen molar-refractivity contribution in [2.24, 2.45) is 0 Å². The van der Waals surface area contributed by atoms with E-state index in [0.717, 1.165) is 0 Å². The second-order valence-electron chi connectivity index (χ2n) is 14.5. The summed E-state index contributed by atoms with van der Waals surface area (Å²) in [6.07, 6.45) is 0. The molecule has 1 nitrogen and oxygen atoms in total. The van der Waals surface area contributed by atoms with Gasteiger partial charge in [-0.05, 0) is 196 Å². The summed E-state index contributed by atoms with van der Waals surface area (Å²) in [5.41, 5.74) is -2.18. The van der Waals surface area contributed by atoms with Crippen LogP contribution in [0.2, 0.25) is 0 Å². The zero-order valence-corrected chi connectivity index (χ0v) is 32.4. The van der Waals surface area contributed by atoms with E-state index in [1.54, 1.807) is 13.8 Å². The van der Waals surface area contributed by atoms with E-state index >= 15 is 0 Å². The monoisotopic (exact) mass is 756 g/mol. The smallest absolute Gasteiger partial charge is 0.136 e. The maximum absolute atomic E-state index is 10.1. The largest absolute Gasteiger partial charge is 0.456 e. The summed E-state index contributed by atoms with van der Waals surface area (Å²) in [5, 5.41) is -1.21. The van der Waals surface area contributed by atoms with E-state index < -0.39 is 114 Å². The molecule has 9 aromatic carbocycles. The van der Waals surface area contributed by atoms with E-state index in [2.05, 4.69) is 0 Å². The van der Waals surface area contributed by atoms with Crippen molar-refractivity contribution >= 4 is 54.3 Å². The number of rotatable bonds is 4.